The zero-order chi connectivity index (χ0) is 19.7. The highest BCUT2D eigenvalue weighted by Crippen LogP contribution is 2.34. The quantitative estimate of drug-likeness (QED) is 0.669. The van der Waals surface area contributed by atoms with E-state index in [4.69, 9.17) is 4.74 Å². The number of nitrogens with zero attached hydrogens (tertiary/aromatic N) is 1. The number of carbonyl (C=O) groups excluding carboxylic acids is 1. The number of benzene rings is 2. The summed E-state index contributed by atoms with van der Waals surface area (Å²) in [5.41, 5.74) is 5.84. The second kappa shape index (κ2) is 7.31. The molecule has 0 saturated carbocycles. The van der Waals surface area contributed by atoms with Gasteiger partial charge in [0.15, 0.2) is 5.78 Å². The molecule has 4 heteroatoms. The van der Waals surface area contributed by atoms with Gasteiger partial charge in [-0.15, -0.1) is 0 Å². The highest BCUT2D eigenvalue weighted by Gasteiger charge is 2.26. The Hall–Kier alpha value is -3.40. The van der Waals surface area contributed by atoms with Gasteiger partial charge in [-0.3, -0.25) is 9.78 Å². The summed E-state index contributed by atoms with van der Waals surface area (Å²) >= 11 is 0. The number of phenols is 1. The van der Waals surface area contributed by atoms with E-state index in [2.05, 4.69) is 4.98 Å². The Morgan fingerprint density at radius 2 is 1.89 bits per heavy atom. The molecule has 0 radical (unpaired) electrons. The zero-order valence-electron chi connectivity index (χ0n) is 15.9. The molecular weight excluding hydrogens is 350 g/mol. The lowest BCUT2D eigenvalue weighted by atomic mass is 10.0. The van der Waals surface area contributed by atoms with Gasteiger partial charge in [0, 0.05) is 29.3 Å². The van der Waals surface area contributed by atoms with Crippen LogP contribution in [0.3, 0.4) is 0 Å². The largest absolute Gasteiger partial charge is 0.508 e. The van der Waals surface area contributed by atoms with Crippen LogP contribution in [-0.2, 0) is 13.0 Å². The summed E-state index contributed by atoms with van der Waals surface area (Å²) in [6.45, 7) is 4.41. The van der Waals surface area contributed by atoms with Gasteiger partial charge in [-0.05, 0) is 66.9 Å². The van der Waals surface area contributed by atoms with E-state index in [1.807, 2.05) is 50.3 Å². The molecule has 4 rings (SSSR count). The molecular formula is C24H21NO3. The molecule has 0 unspecified atom stereocenters. The van der Waals surface area contributed by atoms with E-state index in [9.17, 15) is 9.90 Å². The molecule has 0 bridgehead atoms. The minimum Gasteiger partial charge on any atom is -0.508 e. The van der Waals surface area contributed by atoms with Gasteiger partial charge >= 0.3 is 0 Å². The lowest BCUT2D eigenvalue weighted by Crippen LogP contribution is -2.01. The van der Waals surface area contributed by atoms with Crippen molar-refractivity contribution >= 4 is 11.9 Å². The molecule has 3 aromatic rings. The number of rotatable bonds is 4. The Morgan fingerprint density at radius 1 is 1.11 bits per heavy atom. The fourth-order valence-corrected chi connectivity index (χ4v) is 3.66. The average molecular weight is 371 g/mol. The number of carbonyl (C=O) groups is 1. The molecule has 28 heavy (non-hydrogen) atoms. The number of allylic oxidation sites excluding steroid dienone is 1. The van der Waals surface area contributed by atoms with Crippen LogP contribution >= 0.6 is 0 Å². The molecule has 4 nitrogen and oxygen atoms in total. The van der Waals surface area contributed by atoms with Crippen LogP contribution < -0.4 is 4.74 Å². The summed E-state index contributed by atoms with van der Waals surface area (Å²) < 4.78 is 5.98. The van der Waals surface area contributed by atoms with E-state index in [1.54, 1.807) is 24.4 Å². The van der Waals surface area contributed by atoms with Crippen LogP contribution in [0.4, 0.5) is 0 Å². The van der Waals surface area contributed by atoms with Gasteiger partial charge in [-0.2, -0.15) is 0 Å². The molecule has 1 aliphatic rings. The van der Waals surface area contributed by atoms with E-state index < -0.39 is 0 Å². The number of pyridine rings is 1. The number of phenolic OH excluding ortho intramolecular Hbond substituents is 1. The van der Waals surface area contributed by atoms with E-state index >= 15 is 0 Å². The third-order valence-electron chi connectivity index (χ3n) is 4.97. The number of aromatic hydroxyl groups is 1. The Bertz CT molecular complexity index is 1060. The number of aryl methyl sites for hydroxylation is 2. The number of hydrogen-bond donors (Lipinski definition) is 1. The fourth-order valence-electron chi connectivity index (χ4n) is 3.66. The lowest BCUT2D eigenvalue weighted by molar-refractivity contribution is 0.104. The van der Waals surface area contributed by atoms with Gasteiger partial charge in [0.25, 0.3) is 0 Å². The Kier molecular flexibility index (Phi) is 4.70. The summed E-state index contributed by atoms with van der Waals surface area (Å²) in [4.78, 5) is 16.9. The average Bonchev–Trinajstić information content (AvgIpc) is 2.99. The van der Waals surface area contributed by atoms with Gasteiger partial charge < -0.3 is 9.84 Å². The molecule has 1 aromatic heterocycles. The fraction of sp³-hybridized carbons (Fsp3) is 0.167. The van der Waals surface area contributed by atoms with Crippen LogP contribution in [0.15, 0.2) is 60.3 Å². The second-order valence-electron chi connectivity index (χ2n) is 7.07. The summed E-state index contributed by atoms with van der Waals surface area (Å²) in [6.07, 6.45) is 4.11. The lowest BCUT2D eigenvalue weighted by Gasteiger charge is -2.13. The first-order valence-corrected chi connectivity index (χ1v) is 9.23. The van der Waals surface area contributed by atoms with Crippen LogP contribution in [0, 0.1) is 13.8 Å². The first-order valence-electron chi connectivity index (χ1n) is 9.23. The molecule has 0 fully saturated rings. The van der Waals surface area contributed by atoms with Gasteiger partial charge in [0.1, 0.15) is 18.1 Å². The highest BCUT2D eigenvalue weighted by atomic mass is 16.5. The van der Waals surface area contributed by atoms with E-state index in [-0.39, 0.29) is 11.5 Å². The predicted molar refractivity (Wildman–Crippen MR) is 109 cm³/mol. The van der Waals surface area contributed by atoms with E-state index in [1.165, 1.54) is 0 Å². The van der Waals surface area contributed by atoms with E-state index in [0.717, 1.165) is 28.1 Å². The van der Waals surface area contributed by atoms with Crippen molar-refractivity contribution in [3.8, 4) is 11.5 Å². The molecule has 0 spiro atoms. The minimum absolute atomic E-state index is 0.0170. The molecule has 1 N–H and O–H groups in total. The van der Waals surface area contributed by atoms with Crippen molar-refractivity contribution in [1.82, 2.24) is 4.98 Å². The van der Waals surface area contributed by atoms with E-state index in [0.29, 0.717) is 29.7 Å². The van der Waals surface area contributed by atoms with Gasteiger partial charge in [0.2, 0.25) is 0 Å². The highest BCUT2D eigenvalue weighted by molar-refractivity contribution is 6.16. The van der Waals surface area contributed by atoms with Crippen LogP contribution in [0.1, 0.15) is 38.3 Å². The molecule has 0 aliphatic heterocycles. The standard InChI is InChI=1S/C24H21NO3/c1-15-10-17(11-16(2)24(15)28-14-19-6-3-4-9-25-19)12-18-13-21-20(23(18)27)7-5-8-22(21)26/h3-12,26H,13-14H2,1-2H3. The van der Waals surface area contributed by atoms with Crippen molar-refractivity contribution in [1.29, 1.82) is 0 Å². The van der Waals surface area contributed by atoms with Gasteiger partial charge in [-0.25, -0.2) is 0 Å². The Labute approximate surface area is 164 Å². The minimum atomic E-state index is -0.0170. The maximum atomic E-state index is 12.6. The normalized spacial score (nSPS) is 14.4. The van der Waals surface area contributed by atoms with Crippen LogP contribution in [0.2, 0.25) is 0 Å². The number of ether oxygens (including phenoxy) is 1. The molecule has 1 heterocycles. The molecule has 140 valence electrons. The van der Waals surface area contributed by atoms with Gasteiger partial charge in [-0.1, -0.05) is 18.2 Å². The summed E-state index contributed by atoms with van der Waals surface area (Å²) in [7, 11) is 0. The molecule has 0 saturated heterocycles. The summed E-state index contributed by atoms with van der Waals surface area (Å²) in [5, 5.41) is 10.0. The molecule has 0 amide bonds. The third-order valence-corrected chi connectivity index (χ3v) is 4.97. The third kappa shape index (κ3) is 3.41. The molecule has 0 atom stereocenters. The number of Topliss-reactive ketones (excluding diaryl/α,β-unsaturated/α-hetero) is 1. The summed E-state index contributed by atoms with van der Waals surface area (Å²) in [6, 6.07) is 14.9. The van der Waals surface area contributed by atoms with Crippen LogP contribution in [-0.4, -0.2) is 15.9 Å². The predicted octanol–water partition coefficient (Wildman–Crippen LogP) is 4.81. The van der Waals surface area contributed by atoms with Crippen molar-refractivity contribution in [3.63, 3.8) is 0 Å². The van der Waals surface area contributed by atoms with Gasteiger partial charge in [0.05, 0.1) is 5.69 Å². The number of aromatic nitrogens is 1. The van der Waals surface area contributed by atoms with Crippen LogP contribution in [0.5, 0.6) is 11.5 Å². The maximum absolute atomic E-state index is 12.6. The Morgan fingerprint density at radius 3 is 2.57 bits per heavy atom. The monoisotopic (exact) mass is 371 g/mol. The van der Waals surface area contributed by atoms with Crippen molar-refractivity contribution in [2.75, 3.05) is 0 Å². The number of ketones is 1. The maximum Gasteiger partial charge on any atom is 0.189 e. The van der Waals surface area contributed by atoms with Crippen molar-refractivity contribution in [2.24, 2.45) is 0 Å². The molecule has 2 aromatic carbocycles. The number of hydrogen-bond acceptors (Lipinski definition) is 4. The van der Waals surface area contributed by atoms with Crippen molar-refractivity contribution in [3.05, 3.63) is 93.8 Å². The SMILES string of the molecule is Cc1cc(C=C2Cc3c(O)cccc3C2=O)cc(C)c1OCc1ccccn1. The number of fused-ring (bicyclic) bond motifs is 1. The topological polar surface area (TPSA) is 59.4 Å². The first-order chi connectivity index (χ1) is 13.5. The van der Waals surface area contributed by atoms with Crippen molar-refractivity contribution in [2.45, 2.75) is 26.9 Å². The van der Waals surface area contributed by atoms with Crippen molar-refractivity contribution < 1.29 is 14.6 Å². The van der Waals surface area contributed by atoms with Crippen LogP contribution in [0.25, 0.3) is 6.08 Å². The first kappa shape index (κ1) is 18.0. The zero-order valence-corrected chi connectivity index (χ0v) is 15.9. The second-order valence-corrected chi connectivity index (χ2v) is 7.07. The summed E-state index contributed by atoms with van der Waals surface area (Å²) in [5.74, 6) is 1.00. The smallest absolute Gasteiger partial charge is 0.189 e. The molecule has 1 aliphatic carbocycles. The Balaban J connectivity index is 1.58.